The number of carbonyl (C=O) groups excluding carboxylic acids is 1. The molecule has 2 heterocycles. The van der Waals surface area contributed by atoms with Gasteiger partial charge in [-0.25, -0.2) is 4.98 Å². The first-order chi connectivity index (χ1) is 14.4. The second-order valence-corrected chi connectivity index (χ2v) is 8.48. The second-order valence-electron chi connectivity index (χ2n) is 7.54. The molecule has 30 heavy (non-hydrogen) atoms. The first-order valence-corrected chi connectivity index (χ1v) is 11.2. The minimum Gasteiger partial charge on any atom is -0.383 e. The topological polar surface area (TPSA) is 66.1 Å². The van der Waals surface area contributed by atoms with Crippen LogP contribution in [-0.2, 0) is 11.3 Å². The van der Waals surface area contributed by atoms with Crippen LogP contribution in [0.25, 0.3) is 10.9 Å². The lowest BCUT2D eigenvalue weighted by atomic mass is 10.2. The van der Waals surface area contributed by atoms with Gasteiger partial charge < -0.3 is 9.30 Å². The number of aryl methyl sites for hydroxylation is 1. The maximum Gasteiger partial charge on any atom is 0.262 e. The molecule has 1 aromatic carbocycles. The number of hydrogen-bond acceptors (Lipinski definition) is 5. The van der Waals surface area contributed by atoms with E-state index >= 15 is 0 Å². The Hall–Kier alpha value is -2.38. The molecule has 0 radical (unpaired) electrons. The molecule has 3 rings (SSSR count). The highest BCUT2D eigenvalue weighted by molar-refractivity contribution is 7.99. The average Bonchev–Trinajstić information content (AvgIpc) is 3.03. The van der Waals surface area contributed by atoms with Gasteiger partial charge in [0, 0.05) is 30.6 Å². The predicted octanol–water partition coefficient (Wildman–Crippen LogP) is 4.41. The van der Waals surface area contributed by atoms with Crippen molar-refractivity contribution in [1.82, 2.24) is 14.1 Å². The number of ether oxygens (including phenoxy) is 1. The number of aromatic nitrogens is 3. The Morgan fingerprint density at radius 1 is 1.27 bits per heavy atom. The molecule has 0 bridgehead atoms. The number of benzene rings is 1. The van der Waals surface area contributed by atoms with Crippen LogP contribution in [0.15, 0.2) is 40.3 Å². The first-order valence-electron chi connectivity index (χ1n) is 10.2. The van der Waals surface area contributed by atoms with Crippen LogP contribution in [0.4, 0.5) is 0 Å². The van der Waals surface area contributed by atoms with Gasteiger partial charge in [-0.15, -0.1) is 0 Å². The van der Waals surface area contributed by atoms with Crippen LogP contribution in [0.3, 0.4) is 0 Å². The van der Waals surface area contributed by atoms with Crippen molar-refractivity contribution in [2.24, 2.45) is 0 Å². The van der Waals surface area contributed by atoms with Gasteiger partial charge in [0.2, 0.25) is 0 Å². The van der Waals surface area contributed by atoms with Gasteiger partial charge in [0.05, 0.1) is 29.3 Å². The van der Waals surface area contributed by atoms with Crippen molar-refractivity contribution >= 4 is 28.4 Å². The van der Waals surface area contributed by atoms with E-state index in [1.807, 2.05) is 45.0 Å². The lowest BCUT2D eigenvalue weighted by molar-refractivity contribution is 0.102. The molecule has 1 atom stereocenters. The molecule has 0 N–H and O–H groups in total. The minimum atomic E-state index is -0.0519. The normalized spacial score (nSPS) is 12.4. The van der Waals surface area contributed by atoms with E-state index in [4.69, 9.17) is 4.74 Å². The smallest absolute Gasteiger partial charge is 0.262 e. The summed E-state index contributed by atoms with van der Waals surface area (Å²) in [5.74, 6) is 0.270. The molecule has 0 fully saturated rings. The monoisotopic (exact) mass is 427 g/mol. The Balaban J connectivity index is 1.88. The molecule has 1 unspecified atom stereocenters. The number of hydrogen-bond donors (Lipinski definition) is 0. The summed E-state index contributed by atoms with van der Waals surface area (Å²) in [7, 11) is 1.68. The molecule has 6 nitrogen and oxygen atoms in total. The molecule has 0 aliphatic rings. The van der Waals surface area contributed by atoms with Gasteiger partial charge in [-0.2, -0.15) is 0 Å². The van der Waals surface area contributed by atoms with Crippen LogP contribution >= 0.6 is 11.8 Å². The van der Waals surface area contributed by atoms with Crippen LogP contribution in [0.2, 0.25) is 0 Å². The van der Waals surface area contributed by atoms with Crippen LogP contribution in [0.1, 0.15) is 48.1 Å². The Labute approximate surface area is 181 Å². The molecule has 7 heteroatoms. The van der Waals surface area contributed by atoms with Crippen molar-refractivity contribution in [2.45, 2.75) is 51.9 Å². The number of fused-ring (bicyclic) bond motifs is 1. The molecule has 160 valence electrons. The maximum atomic E-state index is 13.0. The predicted molar refractivity (Wildman–Crippen MR) is 122 cm³/mol. The Morgan fingerprint density at radius 2 is 2.00 bits per heavy atom. The second kappa shape index (κ2) is 9.62. The van der Waals surface area contributed by atoms with Crippen molar-refractivity contribution in [3.63, 3.8) is 0 Å². The number of para-hydroxylation sites is 1. The molecule has 0 saturated carbocycles. The van der Waals surface area contributed by atoms with Gasteiger partial charge in [0.15, 0.2) is 10.9 Å². The number of rotatable bonds is 9. The summed E-state index contributed by atoms with van der Waals surface area (Å²) in [6, 6.07) is 9.45. The lowest BCUT2D eigenvalue weighted by Gasteiger charge is -2.17. The summed E-state index contributed by atoms with van der Waals surface area (Å²) in [5.41, 5.74) is 3.31. The van der Waals surface area contributed by atoms with Crippen LogP contribution in [-0.4, -0.2) is 39.4 Å². The van der Waals surface area contributed by atoms with Gasteiger partial charge in [0.1, 0.15) is 0 Å². The van der Waals surface area contributed by atoms with Gasteiger partial charge >= 0.3 is 0 Å². The summed E-state index contributed by atoms with van der Waals surface area (Å²) in [6.07, 6.45) is 0.819. The molecule has 0 aliphatic heterocycles. The molecule has 3 aromatic rings. The van der Waals surface area contributed by atoms with Gasteiger partial charge in [-0.05, 0) is 45.4 Å². The van der Waals surface area contributed by atoms with E-state index in [0.717, 1.165) is 17.8 Å². The van der Waals surface area contributed by atoms with Crippen molar-refractivity contribution in [2.75, 3.05) is 19.5 Å². The fourth-order valence-corrected chi connectivity index (χ4v) is 4.85. The number of methoxy groups -OCH3 is 1. The van der Waals surface area contributed by atoms with Crippen LogP contribution in [0.5, 0.6) is 0 Å². The fourth-order valence-electron chi connectivity index (χ4n) is 3.94. The maximum absolute atomic E-state index is 13.0. The third-order valence-electron chi connectivity index (χ3n) is 5.24. The standard InChI is InChI=1S/C23H29N3O3S/c1-6-11-25-22(28)18-9-7-8-10-20(18)24-23(25)30-14-21(27)19-12-15(2)26(17(19)4)16(3)13-29-5/h7-10,12,16H,6,11,13-14H2,1-5H3. The molecule has 0 amide bonds. The van der Waals surface area contributed by atoms with E-state index < -0.39 is 0 Å². The van der Waals surface area contributed by atoms with Crippen molar-refractivity contribution in [3.05, 3.63) is 57.6 Å². The summed E-state index contributed by atoms with van der Waals surface area (Å²) >= 11 is 1.33. The quantitative estimate of drug-likeness (QED) is 0.288. The van der Waals surface area contributed by atoms with Gasteiger partial charge in [-0.1, -0.05) is 30.8 Å². The minimum absolute atomic E-state index is 0.0365. The highest BCUT2D eigenvalue weighted by Gasteiger charge is 2.20. The van der Waals surface area contributed by atoms with E-state index in [1.165, 1.54) is 11.8 Å². The zero-order valence-electron chi connectivity index (χ0n) is 18.3. The first kappa shape index (κ1) is 22.3. The molecule has 0 aliphatic carbocycles. The van der Waals surface area contributed by atoms with E-state index in [9.17, 15) is 9.59 Å². The van der Waals surface area contributed by atoms with Gasteiger partial charge in [0.25, 0.3) is 5.56 Å². The third kappa shape index (κ3) is 4.37. The van der Waals surface area contributed by atoms with Crippen molar-refractivity contribution < 1.29 is 9.53 Å². The highest BCUT2D eigenvalue weighted by atomic mass is 32.2. The number of nitrogens with zero attached hydrogens (tertiary/aromatic N) is 3. The van der Waals surface area contributed by atoms with Crippen molar-refractivity contribution in [1.29, 1.82) is 0 Å². The van der Waals surface area contributed by atoms with Crippen LogP contribution in [0, 0.1) is 13.8 Å². The highest BCUT2D eigenvalue weighted by Crippen LogP contribution is 2.24. The number of carbonyl (C=O) groups is 1. The number of ketones is 1. The zero-order valence-corrected chi connectivity index (χ0v) is 19.1. The average molecular weight is 428 g/mol. The Kier molecular flexibility index (Phi) is 7.15. The molecular weight excluding hydrogens is 398 g/mol. The number of Topliss-reactive ketones (excluding diaryl/α,β-unsaturated/α-hetero) is 1. The van der Waals surface area contributed by atoms with Crippen LogP contribution < -0.4 is 5.56 Å². The lowest BCUT2D eigenvalue weighted by Crippen LogP contribution is -2.23. The van der Waals surface area contributed by atoms with E-state index in [1.54, 1.807) is 17.7 Å². The van der Waals surface area contributed by atoms with E-state index in [2.05, 4.69) is 16.5 Å². The molecule has 0 spiro atoms. The summed E-state index contributed by atoms with van der Waals surface area (Å²) in [5, 5.41) is 1.20. The van der Waals surface area contributed by atoms with Gasteiger partial charge in [-0.3, -0.25) is 14.2 Å². The Morgan fingerprint density at radius 3 is 2.70 bits per heavy atom. The SMILES string of the molecule is CCCn1c(SCC(=O)c2cc(C)n(C(C)COC)c2C)nc2ccccc2c1=O. The molecular formula is C23H29N3O3S. The summed E-state index contributed by atoms with van der Waals surface area (Å²) < 4.78 is 9.10. The summed E-state index contributed by atoms with van der Waals surface area (Å²) in [6.45, 7) is 9.25. The van der Waals surface area contributed by atoms with E-state index in [-0.39, 0.29) is 23.1 Å². The zero-order chi connectivity index (χ0) is 21.8. The van der Waals surface area contributed by atoms with Crippen molar-refractivity contribution in [3.8, 4) is 0 Å². The third-order valence-corrected chi connectivity index (χ3v) is 6.22. The van der Waals surface area contributed by atoms with E-state index in [0.29, 0.717) is 34.8 Å². The molecule has 0 saturated heterocycles. The fraction of sp³-hybridized carbons (Fsp3) is 0.435. The summed E-state index contributed by atoms with van der Waals surface area (Å²) in [4.78, 5) is 30.6. The molecule has 2 aromatic heterocycles. The number of thioether (sulfide) groups is 1. The Bertz CT molecular complexity index is 1120. The largest absolute Gasteiger partial charge is 0.383 e.